The van der Waals surface area contributed by atoms with Crippen molar-refractivity contribution in [1.29, 1.82) is 0 Å². The molecule has 0 aliphatic carbocycles. The van der Waals surface area contributed by atoms with Gasteiger partial charge in [-0.2, -0.15) is 0 Å². The Morgan fingerprint density at radius 2 is 0.952 bits per heavy atom. The summed E-state index contributed by atoms with van der Waals surface area (Å²) in [6.45, 7) is 24.2. The Hall–Kier alpha value is 0. The van der Waals surface area contributed by atoms with Gasteiger partial charge in [0, 0.05) is 0 Å². The number of hydrogen-bond donors (Lipinski definition) is 0. The molecule has 0 spiro atoms. The van der Waals surface area contributed by atoms with E-state index in [1.807, 2.05) is 0 Å². The molecule has 0 heteroatoms. The third-order valence-electron chi connectivity index (χ3n) is 6.66. The van der Waals surface area contributed by atoms with Gasteiger partial charge in [0.05, 0.1) is 0 Å². The second-order valence-corrected chi connectivity index (χ2v) is 8.78. The van der Waals surface area contributed by atoms with Crippen LogP contribution in [-0.2, 0) is 0 Å². The molecule has 0 bridgehead atoms. The van der Waals surface area contributed by atoms with Gasteiger partial charge in [0.15, 0.2) is 0 Å². The molecule has 0 aliphatic heterocycles. The molecule has 6 atom stereocenters. The van der Waals surface area contributed by atoms with Crippen LogP contribution < -0.4 is 0 Å². The van der Waals surface area contributed by atoms with Gasteiger partial charge in [0.25, 0.3) is 0 Å². The normalized spacial score (nSPS) is 21.1. The van der Waals surface area contributed by atoms with Crippen molar-refractivity contribution < 1.29 is 0 Å². The van der Waals surface area contributed by atoms with E-state index in [9.17, 15) is 0 Å². The molecule has 0 amide bonds. The molecule has 0 fully saturated rings. The monoisotopic (exact) mass is 296 g/mol. The minimum atomic E-state index is 0.812. The average molecular weight is 297 g/mol. The summed E-state index contributed by atoms with van der Waals surface area (Å²) < 4.78 is 0. The molecule has 0 saturated carbocycles. The SMILES string of the molecule is CCC(CC(C)C(C)CC(C)C(C)C(C)C)C(C)C(C)C. The second kappa shape index (κ2) is 9.90. The van der Waals surface area contributed by atoms with Gasteiger partial charge >= 0.3 is 0 Å². The molecule has 6 unspecified atom stereocenters. The Bertz CT molecular complexity index is 253. The van der Waals surface area contributed by atoms with Crippen LogP contribution >= 0.6 is 0 Å². The molecule has 0 saturated heterocycles. The van der Waals surface area contributed by atoms with E-state index in [0.717, 1.165) is 47.3 Å². The quantitative estimate of drug-likeness (QED) is 0.397. The lowest BCUT2D eigenvalue weighted by Gasteiger charge is -2.33. The maximum atomic E-state index is 2.49. The summed E-state index contributed by atoms with van der Waals surface area (Å²) >= 11 is 0. The van der Waals surface area contributed by atoms with Gasteiger partial charge in [-0.3, -0.25) is 0 Å². The van der Waals surface area contributed by atoms with Crippen LogP contribution in [0, 0.1) is 47.3 Å². The highest BCUT2D eigenvalue weighted by atomic mass is 14.3. The van der Waals surface area contributed by atoms with E-state index in [1.165, 1.54) is 19.3 Å². The predicted molar refractivity (Wildman–Crippen MR) is 98.5 cm³/mol. The third kappa shape index (κ3) is 7.20. The fraction of sp³-hybridized carbons (Fsp3) is 1.00. The van der Waals surface area contributed by atoms with Crippen LogP contribution in [0.25, 0.3) is 0 Å². The first-order valence-electron chi connectivity index (χ1n) is 9.61. The van der Waals surface area contributed by atoms with E-state index >= 15 is 0 Å². The smallest absolute Gasteiger partial charge is 0.0386 e. The summed E-state index contributed by atoms with van der Waals surface area (Å²) in [5, 5.41) is 0. The van der Waals surface area contributed by atoms with Crippen molar-refractivity contribution in [1.82, 2.24) is 0 Å². The molecule has 0 aromatic carbocycles. The summed E-state index contributed by atoms with van der Waals surface area (Å²) in [7, 11) is 0. The Morgan fingerprint density at radius 1 is 0.524 bits per heavy atom. The first-order chi connectivity index (χ1) is 9.61. The highest BCUT2D eigenvalue weighted by molar-refractivity contribution is 4.75. The first kappa shape index (κ1) is 21.0. The maximum Gasteiger partial charge on any atom is -0.0386 e. The van der Waals surface area contributed by atoms with Crippen molar-refractivity contribution in [3.63, 3.8) is 0 Å². The fourth-order valence-corrected chi connectivity index (χ4v) is 3.70. The van der Waals surface area contributed by atoms with Crippen LogP contribution in [0.5, 0.6) is 0 Å². The largest absolute Gasteiger partial charge is 0.0651 e. The first-order valence-corrected chi connectivity index (χ1v) is 9.61. The summed E-state index contributed by atoms with van der Waals surface area (Å²) in [5.74, 6) is 6.80. The third-order valence-corrected chi connectivity index (χ3v) is 6.66. The highest BCUT2D eigenvalue weighted by Crippen LogP contribution is 2.35. The van der Waals surface area contributed by atoms with Gasteiger partial charge in [0.1, 0.15) is 0 Å². The fourth-order valence-electron chi connectivity index (χ4n) is 3.70. The zero-order chi connectivity index (χ0) is 16.7. The van der Waals surface area contributed by atoms with Gasteiger partial charge < -0.3 is 0 Å². The van der Waals surface area contributed by atoms with Crippen LogP contribution in [0.3, 0.4) is 0 Å². The maximum absolute atomic E-state index is 2.49. The molecular weight excluding hydrogens is 252 g/mol. The lowest BCUT2D eigenvalue weighted by molar-refractivity contribution is 0.173. The molecule has 0 rings (SSSR count). The van der Waals surface area contributed by atoms with E-state index in [0.29, 0.717) is 0 Å². The molecule has 0 heterocycles. The van der Waals surface area contributed by atoms with E-state index < -0.39 is 0 Å². The van der Waals surface area contributed by atoms with Crippen LogP contribution in [-0.4, -0.2) is 0 Å². The van der Waals surface area contributed by atoms with Crippen molar-refractivity contribution in [2.24, 2.45) is 47.3 Å². The zero-order valence-corrected chi connectivity index (χ0v) is 16.7. The molecule has 0 aromatic heterocycles. The van der Waals surface area contributed by atoms with Crippen molar-refractivity contribution >= 4 is 0 Å². The highest BCUT2D eigenvalue weighted by Gasteiger charge is 2.25. The predicted octanol–water partition coefficient (Wildman–Crippen LogP) is 7.29. The zero-order valence-electron chi connectivity index (χ0n) is 16.7. The average Bonchev–Trinajstić information content (AvgIpc) is 2.42. The number of rotatable bonds is 10. The van der Waals surface area contributed by atoms with Crippen LogP contribution in [0.4, 0.5) is 0 Å². The molecule has 0 aromatic rings. The van der Waals surface area contributed by atoms with E-state index in [4.69, 9.17) is 0 Å². The second-order valence-electron chi connectivity index (χ2n) is 8.78. The summed E-state index contributed by atoms with van der Waals surface area (Å²) in [6, 6.07) is 0. The minimum absolute atomic E-state index is 0.812. The molecule has 128 valence electrons. The topological polar surface area (TPSA) is 0 Å². The van der Waals surface area contributed by atoms with Gasteiger partial charge in [-0.15, -0.1) is 0 Å². The molecule has 0 N–H and O–H groups in total. The van der Waals surface area contributed by atoms with Crippen molar-refractivity contribution in [3.05, 3.63) is 0 Å². The van der Waals surface area contributed by atoms with Crippen LogP contribution in [0.2, 0.25) is 0 Å². The van der Waals surface area contributed by atoms with E-state index in [1.54, 1.807) is 0 Å². The van der Waals surface area contributed by atoms with E-state index in [2.05, 4.69) is 69.2 Å². The Labute approximate surface area is 136 Å². The van der Waals surface area contributed by atoms with Gasteiger partial charge in [0.2, 0.25) is 0 Å². The summed E-state index contributed by atoms with van der Waals surface area (Å²) in [6.07, 6.45) is 4.15. The molecular formula is C21H44. The van der Waals surface area contributed by atoms with Gasteiger partial charge in [-0.1, -0.05) is 75.7 Å². The van der Waals surface area contributed by atoms with Gasteiger partial charge in [-0.05, 0) is 60.2 Å². The summed E-state index contributed by atoms with van der Waals surface area (Å²) in [4.78, 5) is 0. The molecule has 21 heavy (non-hydrogen) atoms. The Kier molecular flexibility index (Phi) is 9.90. The molecule has 0 radical (unpaired) electrons. The Balaban J connectivity index is 4.46. The summed E-state index contributed by atoms with van der Waals surface area (Å²) in [5.41, 5.74) is 0. The Morgan fingerprint density at radius 3 is 1.33 bits per heavy atom. The molecule has 0 nitrogen and oxygen atoms in total. The van der Waals surface area contributed by atoms with Crippen molar-refractivity contribution in [3.8, 4) is 0 Å². The van der Waals surface area contributed by atoms with Gasteiger partial charge in [-0.25, -0.2) is 0 Å². The minimum Gasteiger partial charge on any atom is -0.0651 e. The molecule has 0 aliphatic rings. The standard InChI is InChI=1S/C21H44/c1-11-21(20(10)15(4)5)13-17(7)16(6)12-18(8)19(9)14(2)3/h14-21H,11-13H2,1-10H3. The number of hydrogen-bond acceptors (Lipinski definition) is 0. The van der Waals surface area contributed by atoms with Crippen LogP contribution in [0.1, 0.15) is 88.5 Å². The van der Waals surface area contributed by atoms with Crippen LogP contribution in [0.15, 0.2) is 0 Å². The van der Waals surface area contributed by atoms with E-state index in [-0.39, 0.29) is 0 Å². The lowest BCUT2D eigenvalue weighted by Crippen LogP contribution is -2.24. The van der Waals surface area contributed by atoms with Crippen molar-refractivity contribution in [2.45, 2.75) is 88.5 Å². The van der Waals surface area contributed by atoms with Crippen molar-refractivity contribution in [2.75, 3.05) is 0 Å². The lowest BCUT2D eigenvalue weighted by atomic mass is 9.73.